The quantitative estimate of drug-likeness (QED) is 0.425. The Labute approximate surface area is 161 Å². The van der Waals surface area contributed by atoms with Crippen LogP contribution in [0.25, 0.3) is 6.08 Å². The van der Waals surface area contributed by atoms with Crippen LogP contribution in [0.4, 0.5) is 11.4 Å². The fourth-order valence-electron chi connectivity index (χ4n) is 2.24. The molecule has 0 unspecified atom stereocenters. The maximum Gasteiger partial charge on any atom is 0.288 e. The van der Waals surface area contributed by atoms with E-state index in [1.807, 2.05) is 6.92 Å². The summed E-state index contributed by atoms with van der Waals surface area (Å²) in [4.78, 5) is 34.6. The molecule has 0 atom stereocenters. The lowest BCUT2D eigenvalue weighted by Crippen LogP contribution is -2.25. The molecule has 0 spiro atoms. The highest BCUT2D eigenvalue weighted by molar-refractivity contribution is 6.32. The Morgan fingerprint density at radius 3 is 2.67 bits per heavy atom. The summed E-state index contributed by atoms with van der Waals surface area (Å²) in [6, 6.07) is 10.9. The Bertz CT molecular complexity index is 896. The van der Waals surface area contributed by atoms with E-state index < -0.39 is 10.8 Å². The van der Waals surface area contributed by atoms with E-state index in [4.69, 9.17) is 11.6 Å². The number of carbonyl (C=O) groups excluding carboxylic acids is 2. The van der Waals surface area contributed by atoms with Gasteiger partial charge in [-0.3, -0.25) is 19.7 Å². The summed E-state index contributed by atoms with van der Waals surface area (Å²) >= 11 is 5.76. The molecule has 0 saturated carbocycles. The number of nitrogens with zero attached hydrogens (tertiary/aromatic N) is 1. The highest BCUT2D eigenvalue weighted by Gasteiger charge is 2.13. The van der Waals surface area contributed by atoms with Crippen molar-refractivity contribution in [2.45, 2.75) is 13.3 Å². The Balaban J connectivity index is 2.12. The molecule has 0 aliphatic carbocycles. The van der Waals surface area contributed by atoms with Crippen molar-refractivity contribution < 1.29 is 14.5 Å². The van der Waals surface area contributed by atoms with Crippen LogP contribution in [0, 0.1) is 10.1 Å². The molecule has 0 aromatic heterocycles. The predicted molar refractivity (Wildman–Crippen MR) is 105 cm³/mol. The second kappa shape index (κ2) is 9.49. The molecule has 2 amide bonds. The summed E-state index contributed by atoms with van der Waals surface area (Å²) < 4.78 is 0. The molecule has 2 N–H and O–H groups in total. The number of hydrogen-bond acceptors (Lipinski definition) is 4. The van der Waals surface area contributed by atoms with Crippen LogP contribution in [-0.2, 0) is 4.79 Å². The van der Waals surface area contributed by atoms with E-state index in [0.29, 0.717) is 23.4 Å². The maximum atomic E-state index is 12.2. The van der Waals surface area contributed by atoms with Crippen molar-refractivity contribution in [3.8, 4) is 0 Å². The van der Waals surface area contributed by atoms with Crippen LogP contribution in [0.2, 0.25) is 5.02 Å². The first-order valence-electron chi connectivity index (χ1n) is 8.22. The molecule has 140 valence electrons. The zero-order valence-electron chi connectivity index (χ0n) is 14.6. The molecule has 0 saturated heterocycles. The van der Waals surface area contributed by atoms with Gasteiger partial charge in [0.1, 0.15) is 5.02 Å². The van der Waals surface area contributed by atoms with Crippen LogP contribution < -0.4 is 10.6 Å². The molecule has 0 radical (unpaired) electrons. The van der Waals surface area contributed by atoms with Crippen LogP contribution in [-0.4, -0.2) is 23.3 Å². The minimum absolute atomic E-state index is 0.0219. The molecule has 0 aliphatic heterocycles. The van der Waals surface area contributed by atoms with Gasteiger partial charge in [0, 0.05) is 18.7 Å². The highest BCUT2D eigenvalue weighted by Crippen LogP contribution is 2.25. The first-order chi connectivity index (χ1) is 12.9. The average Bonchev–Trinajstić information content (AvgIpc) is 2.65. The monoisotopic (exact) mass is 387 g/mol. The third kappa shape index (κ3) is 5.65. The van der Waals surface area contributed by atoms with Gasteiger partial charge < -0.3 is 10.6 Å². The van der Waals surface area contributed by atoms with E-state index in [-0.39, 0.29) is 16.6 Å². The first kappa shape index (κ1) is 20.1. The summed E-state index contributed by atoms with van der Waals surface area (Å²) in [6.45, 7) is 2.48. The molecule has 8 heteroatoms. The van der Waals surface area contributed by atoms with Crippen LogP contribution in [0.15, 0.2) is 48.5 Å². The minimum Gasteiger partial charge on any atom is -0.352 e. The fraction of sp³-hybridized carbons (Fsp3) is 0.158. The van der Waals surface area contributed by atoms with Gasteiger partial charge in [0.2, 0.25) is 5.91 Å². The first-order valence-corrected chi connectivity index (χ1v) is 8.60. The van der Waals surface area contributed by atoms with Crippen molar-refractivity contribution in [3.63, 3.8) is 0 Å². The van der Waals surface area contributed by atoms with Crippen molar-refractivity contribution in [1.82, 2.24) is 5.32 Å². The van der Waals surface area contributed by atoms with Crippen molar-refractivity contribution in [2.75, 3.05) is 11.9 Å². The summed E-state index contributed by atoms with van der Waals surface area (Å²) in [5.41, 5.74) is 0.949. The van der Waals surface area contributed by atoms with Crippen molar-refractivity contribution in [1.29, 1.82) is 0 Å². The molecule has 27 heavy (non-hydrogen) atoms. The molecule has 0 bridgehead atoms. The number of nitrogens with one attached hydrogen (secondary N) is 2. The number of anilines is 1. The fourth-order valence-corrected chi connectivity index (χ4v) is 2.43. The molecule has 7 nitrogen and oxygen atoms in total. The summed E-state index contributed by atoms with van der Waals surface area (Å²) in [7, 11) is 0. The van der Waals surface area contributed by atoms with E-state index in [1.54, 1.807) is 30.3 Å². The number of nitro groups is 1. The van der Waals surface area contributed by atoms with Gasteiger partial charge in [-0.05, 0) is 36.3 Å². The van der Waals surface area contributed by atoms with Crippen molar-refractivity contribution in [2.24, 2.45) is 0 Å². The zero-order valence-corrected chi connectivity index (χ0v) is 15.3. The normalized spacial score (nSPS) is 10.6. The van der Waals surface area contributed by atoms with Gasteiger partial charge in [0.05, 0.1) is 16.2 Å². The lowest BCUT2D eigenvalue weighted by molar-refractivity contribution is -0.384. The number of para-hydroxylation sites is 1. The van der Waals surface area contributed by atoms with E-state index in [9.17, 15) is 19.7 Å². The Morgan fingerprint density at radius 2 is 1.96 bits per heavy atom. The van der Waals surface area contributed by atoms with E-state index in [1.165, 1.54) is 24.3 Å². The van der Waals surface area contributed by atoms with E-state index in [2.05, 4.69) is 10.6 Å². The number of amides is 2. The van der Waals surface area contributed by atoms with Gasteiger partial charge in [-0.2, -0.15) is 0 Å². The smallest absolute Gasteiger partial charge is 0.288 e. The van der Waals surface area contributed by atoms with Crippen molar-refractivity contribution >= 4 is 40.9 Å². The average molecular weight is 388 g/mol. The summed E-state index contributed by atoms with van der Waals surface area (Å²) in [5, 5.41) is 16.3. The molecule has 0 aliphatic rings. The number of nitro benzene ring substituents is 1. The zero-order chi connectivity index (χ0) is 19.8. The molecule has 2 aromatic carbocycles. The number of rotatable bonds is 7. The van der Waals surface area contributed by atoms with Crippen LogP contribution >= 0.6 is 11.6 Å². The highest BCUT2D eigenvalue weighted by atomic mass is 35.5. The van der Waals surface area contributed by atoms with Gasteiger partial charge in [-0.1, -0.05) is 36.7 Å². The van der Waals surface area contributed by atoms with E-state index >= 15 is 0 Å². The second-order valence-corrected chi connectivity index (χ2v) is 6.00. The molecule has 0 heterocycles. The van der Waals surface area contributed by atoms with Crippen LogP contribution in [0.1, 0.15) is 29.3 Å². The Hall–Kier alpha value is -3.19. The Kier molecular flexibility index (Phi) is 7.08. The van der Waals surface area contributed by atoms with Gasteiger partial charge in [0.15, 0.2) is 0 Å². The standard InChI is InChI=1S/C19H18ClN3O4/c1-2-11-21-19(25)14-5-3-4-6-16(14)22-18(24)10-8-13-7-9-15(20)17(12-13)23(26)27/h3-10,12H,2,11H2,1H3,(H,21,25)(H,22,24)/b10-8+. The predicted octanol–water partition coefficient (Wildman–Crippen LogP) is 4.04. The van der Waals surface area contributed by atoms with E-state index in [0.717, 1.165) is 6.42 Å². The lowest BCUT2D eigenvalue weighted by Gasteiger charge is -2.09. The van der Waals surface area contributed by atoms with Gasteiger partial charge in [-0.25, -0.2) is 0 Å². The van der Waals surface area contributed by atoms with Gasteiger partial charge in [0.25, 0.3) is 11.6 Å². The SMILES string of the molecule is CCCNC(=O)c1ccccc1NC(=O)/C=C/c1ccc(Cl)c([N+](=O)[O-])c1. The topological polar surface area (TPSA) is 101 Å². The number of benzene rings is 2. The molecular weight excluding hydrogens is 370 g/mol. The van der Waals surface area contributed by atoms with Gasteiger partial charge >= 0.3 is 0 Å². The Morgan fingerprint density at radius 1 is 1.22 bits per heavy atom. The largest absolute Gasteiger partial charge is 0.352 e. The van der Waals surface area contributed by atoms with Crippen molar-refractivity contribution in [3.05, 3.63) is 74.8 Å². The van der Waals surface area contributed by atoms with Crippen LogP contribution in [0.5, 0.6) is 0 Å². The number of hydrogen-bond donors (Lipinski definition) is 2. The molecule has 0 fully saturated rings. The molecule has 2 aromatic rings. The molecule has 2 rings (SSSR count). The van der Waals surface area contributed by atoms with Crippen LogP contribution in [0.3, 0.4) is 0 Å². The van der Waals surface area contributed by atoms with Gasteiger partial charge in [-0.15, -0.1) is 0 Å². The minimum atomic E-state index is -0.592. The third-order valence-corrected chi connectivity index (χ3v) is 3.88. The molecular formula is C19H18ClN3O4. The lowest BCUT2D eigenvalue weighted by atomic mass is 10.1. The number of carbonyl (C=O) groups is 2. The third-order valence-electron chi connectivity index (χ3n) is 3.56. The summed E-state index contributed by atoms with van der Waals surface area (Å²) in [5.74, 6) is -0.742. The second-order valence-electron chi connectivity index (χ2n) is 5.59. The maximum absolute atomic E-state index is 12.2. The number of halogens is 1. The summed E-state index contributed by atoms with van der Waals surface area (Å²) in [6.07, 6.45) is 3.46.